The molecule has 0 heterocycles. The number of hydrogen-bond donors (Lipinski definition) is 4. The molecular weight excluding hydrogens is 248 g/mol. The molecule has 7 nitrogen and oxygen atoms in total. The number of carboxylic acid groups (broad SMARTS) is 1. The monoisotopic (exact) mass is 260 g/mol. The summed E-state index contributed by atoms with van der Waals surface area (Å²) < 4.78 is 25.4. The summed E-state index contributed by atoms with van der Waals surface area (Å²) in [6.07, 6.45) is 0. The van der Waals surface area contributed by atoms with Crippen molar-refractivity contribution in [1.82, 2.24) is 4.72 Å². The highest BCUT2D eigenvalue weighted by Crippen LogP contribution is 2.19. The zero-order chi connectivity index (χ0) is 13.1. The molecule has 0 saturated heterocycles. The molecule has 17 heavy (non-hydrogen) atoms. The molecule has 0 aliphatic carbocycles. The fraction of sp³-hybridized carbons (Fsp3) is 0.222. The van der Waals surface area contributed by atoms with E-state index in [1.807, 2.05) is 0 Å². The van der Waals surface area contributed by atoms with Crippen molar-refractivity contribution in [3.05, 3.63) is 23.8 Å². The van der Waals surface area contributed by atoms with Crippen LogP contribution >= 0.6 is 0 Å². The number of anilines is 1. The van der Waals surface area contributed by atoms with E-state index >= 15 is 0 Å². The van der Waals surface area contributed by atoms with E-state index in [2.05, 4.69) is 4.72 Å². The Kier molecular flexibility index (Phi) is 4.05. The van der Waals surface area contributed by atoms with Crippen LogP contribution in [0.2, 0.25) is 0 Å². The molecule has 1 rings (SSSR count). The highest BCUT2D eigenvalue weighted by atomic mass is 32.2. The van der Waals surface area contributed by atoms with Crippen LogP contribution in [0.15, 0.2) is 23.1 Å². The zero-order valence-electron chi connectivity index (χ0n) is 8.75. The zero-order valence-corrected chi connectivity index (χ0v) is 9.57. The van der Waals surface area contributed by atoms with Gasteiger partial charge in [0.1, 0.15) is 4.90 Å². The lowest BCUT2D eigenvalue weighted by molar-refractivity contribution is 0.0697. The second kappa shape index (κ2) is 5.13. The van der Waals surface area contributed by atoms with Crippen LogP contribution in [0.1, 0.15) is 10.4 Å². The molecule has 0 unspecified atom stereocenters. The maximum absolute atomic E-state index is 11.6. The summed E-state index contributed by atoms with van der Waals surface area (Å²) >= 11 is 0. The van der Waals surface area contributed by atoms with Gasteiger partial charge in [0.2, 0.25) is 10.0 Å². The number of aliphatic hydroxyl groups is 1. The Morgan fingerprint density at radius 3 is 2.53 bits per heavy atom. The van der Waals surface area contributed by atoms with E-state index in [9.17, 15) is 13.2 Å². The molecule has 0 fully saturated rings. The minimum atomic E-state index is -3.82. The summed E-state index contributed by atoms with van der Waals surface area (Å²) in [5.41, 5.74) is 5.22. The molecule has 0 spiro atoms. The predicted molar refractivity (Wildman–Crippen MR) is 60.1 cm³/mol. The van der Waals surface area contributed by atoms with E-state index in [1.54, 1.807) is 0 Å². The van der Waals surface area contributed by atoms with Crippen molar-refractivity contribution in [2.24, 2.45) is 0 Å². The predicted octanol–water partition coefficient (Wildman–Crippen LogP) is -0.762. The van der Waals surface area contributed by atoms with Crippen LogP contribution in [0.25, 0.3) is 0 Å². The molecule has 0 aromatic heterocycles. The Bertz CT molecular complexity index is 526. The average molecular weight is 260 g/mol. The first kappa shape index (κ1) is 13.4. The smallest absolute Gasteiger partial charge is 0.335 e. The minimum absolute atomic E-state index is 0.0939. The number of hydrogen-bond acceptors (Lipinski definition) is 5. The van der Waals surface area contributed by atoms with Crippen LogP contribution in [0, 0.1) is 0 Å². The van der Waals surface area contributed by atoms with Crippen molar-refractivity contribution >= 4 is 21.7 Å². The fourth-order valence-electron chi connectivity index (χ4n) is 1.18. The molecule has 0 saturated carbocycles. The number of nitrogens with two attached hydrogens (primary N) is 1. The maximum atomic E-state index is 11.6. The van der Waals surface area contributed by atoms with E-state index in [4.69, 9.17) is 15.9 Å². The van der Waals surface area contributed by atoms with Crippen LogP contribution in [-0.2, 0) is 10.0 Å². The van der Waals surface area contributed by atoms with E-state index in [0.29, 0.717) is 0 Å². The summed E-state index contributed by atoms with van der Waals surface area (Å²) in [6.45, 7) is -0.477. The van der Waals surface area contributed by atoms with Crippen LogP contribution in [0.5, 0.6) is 0 Å². The van der Waals surface area contributed by atoms with Gasteiger partial charge < -0.3 is 15.9 Å². The second-order valence-electron chi connectivity index (χ2n) is 3.18. The van der Waals surface area contributed by atoms with Gasteiger partial charge in [-0.3, -0.25) is 0 Å². The van der Waals surface area contributed by atoms with Crippen LogP contribution < -0.4 is 10.5 Å². The molecule has 94 valence electrons. The minimum Gasteiger partial charge on any atom is -0.478 e. The number of aromatic carboxylic acids is 1. The third-order valence-corrected chi connectivity index (χ3v) is 3.49. The largest absolute Gasteiger partial charge is 0.478 e. The fourth-order valence-corrected chi connectivity index (χ4v) is 2.32. The summed E-state index contributed by atoms with van der Waals surface area (Å²) in [4.78, 5) is 10.4. The van der Waals surface area contributed by atoms with Gasteiger partial charge in [-0.25, -0.2) is 17.9 Å². The number of aliphatic hydroxyl groups excluding tert-OH is 1. The lowest BCUT2D eigenvalue weighted by atomic mass is 10.2. The van der Waals surface area contributed by atoms with Gasteiger partial charge in [0.25, 0.3) is 0 Å². The van der Waals surface area contributed by atoms with Crippen molar-refractivity contribution < 1.29 is 23.4 Å². The quantitative estimate of drug-likeness (QED) is 0.515. The molecule has 1 aromatic rings. The molecular formula is C9H12N2O5S. The first-order valence-electron chi connectivity index (χ1n) is 4.62. The van der Waals surface area contributed by atoms with Gasteiger partial charge in [0, 0.05) is 6.54 Å². The molecule has 1 aromatic carbocycles. The van der Waals surface area contributed by atoms with Crippen molar-refractivity contribution in [3.8, 4) is 0 Å². The Labute approximate surface area is 97.9 Å². The lowest BCUT2D eigenvalue weighted by Crippen LogP contribution is -2.27. The van der Waals surface area contributed by atoms with E-state index < -0.39 is 16.0 Å². The summed E-state index contributed by atoms with van der Waals surface area (Å²) in [6, 6.07) is 3.32. The summed E-state index contributed by atoms with van der Waals surface area (Å²) in [5, 5.41) is 17.2. The normalized spacial score (nSPS) is 11.4. The van der Waals surface area contributed by atoms with E-state index in [1.165, 1.54) is 0 Å². The number of nitrogens with one attached hydrogen (secondary N) is 1. The Hall–Kier alpha value is -1.64. The van der Waals surface area contributed by atoms with Gasteiger partial charge in [0.15, 0.2) is 0 Å². The first-order chi connectivity index (χ1) is 7.88. The van der Waals surface area contributed by atoms with Gasteiger partial charge in [-0.15, -0.1) is 0 Å². The third kappa shape index (κ3) is 3.16. The van der Waals surface area contributed by atoms with Crippen molar-refractivity contribution in [3.63, 3.8) is 0 Å². The van der Waals surface area contributed by atoms with E-state index in [0.717, 1.165) is 18.2 Å². The van der Waals surface area contributed by atoms with Crippen LogP contribution in [-0.4, -0.2) is 37.8 Å². The van der Waals surface area contributed by atoms with Gasteiger partial charge >= 0.3 is 5.97 Å². The van der Waals surface area contributed by atoms with Gasteiger partial charge in [-0.05, 0) is 18.2 Å². The van der Waals surface area contributed by atoms with Crippen molar-refractivity contribution in [2.75, 3.05) is 18.9 Å². The molecule has 8 heteroatoms. The Morgan fingerprint density at radius 2 is 2.06 bits per heavy atom. The standard InChI is InChI=1S/C9H12N2O5S/c10-7-5-6(9(13)14)1-2-8(7)17(15,16)11-3-4-12/h1-2,5,11-12H,3-4,10H2,(H,13,14). The van der Waals surface area contributed by atoms with Gasteiger partial charge in [-0.1, -0.05) is 0 Å². The number of rotatable bonds is 5. The molecule has 0 radical (unpaired) electrons. The third-order valence-electron chi connectivity index (χ3n) is 1.95. The lowest BCUT2D eigenvalue weighted by Gasteiger charge is -2.08. The second-order valence-corrected chi connectivity index (χ2v) is 4.91. The molecule has 0 amide bonds. The summed E-state index contributed by atoms with van der Waals surface area (Å²) in [5.74, 6) is -1.19. The first-order valence-corrected chi connectivity index (χ1v) is 6.10. The van der Waals surface area contributed by atoms with Crippen LogP contribution in [0.4, 0.5) is 5.69 Å². The molecule has 0 aliphatic rings. The molecule has 0 bridgehead atoms. The SMILES string of the molecule is Nc1cc(C(=O)O)ccc1S(=O)(=O)NCCO. The Balaban J connectivity index is 3.12. The van der Waals surface area contributed by atoms with Crippen molar-refractivity contribution in [2.45, 2.75) is 4.90 Å². The number of carboxylic acids is 1. The molecule has 0 atom stereocenters. The summed E-state index contributed by atoms with van der Waals surface area (Å²) in [7, 11) is -3.82. The topological polar surface area (TPSA) is 130 Å². The highest BCUT2D eigenvalue weighted by molar-refractivity contribution is 7.89. The maximum Gasteiger partial charge on any atom is 0.335 e. The number of sulfonamides is 1. The van der Waals surface area contributed by atoms with Gasteiger partial charge in [-0.2, -0.15) is 0 Å². The average Bonchev–Trinajstić information content (AvgIpc) is 2.25. The molecule has 0 aliphatic heterocycles. The van der Waals surface area contributed by atoms with Crippen LogP contribution in [0.3, 0.4) is 0 Å². The molecule has 5 N–H and O–H groups in total. The van der Waals surface area contributed by atoms with Gasteiger partial charge in [0.05, 0.1) is 17.9 Å². The van der Waals surface area contributed by atoms with E-state index in [-0.39, 0.29) is 29.3 Å². The number of benzene rings is 1. The Morgan fingerprint density at radius 1 is 1.41 bits per heavy atom. The van der Waals surface area contributed by atoms with Crippen molar-refractivity contribution in [1.29, 1.82) is 0 Å². The number of nitrogen functional groups attached to an aromatic ring is 1. The highest BCUT2D eigenvalue weighted by Gasteiger charge is 2.18. The number of carbonyl (C=O) groups is 1.